The van der Waals surface area contributed by atoms with Crippen molar-refractivity contribution in [2.45, 2.75) is 38.8 Å². The van der Waals surface area contributed by atoms with E-state index in [0.717, 1.165) is 9.80 Å². The fraction of sp³-hybridized carbons (Fsp3) is 0.273. The van der Waals surface area contributed by atoms with Crippen molar-refractivity contribution in [2.75, 3.05) is 9.80 Å². The zero-order valence-electron chi connectivity index (χ0n) is 17.2. The molecule has 2 saturated heterocycles. The Kier molecular flexibility index (Phi) is 5.81. The summed E-state index contributed by atoms with van der Waals surface area (Å²) in [4.78, 5) is 53.3. The van der Waals surface area contributed by atoms with Crippen molar-refractivity contribution in [3.8, 4) is 0 Å². The summed E-state index contributed by atoms with van der Waals surface area (Å²) in [6.07, 6.45) is -0.676. The van der Waals surface area contributed by atoms with Gasteiger partial charge in [0.05, 0.1) is 24.2 Å². The molecule has 0 saturated carbocycles. The summed E-state index contributed by atoms with van der Waals surface area (Å²) in [5.74, 6) is -2.46. The van der Waals surface area contributed by atoms with Crippen molar-refractivity contribution >= 4 is 58.2 Å². The van der Waals surface area contributed by atoms with E-state index >= 15 is 0 Å². The molecule has 166 valence electrons. The number of imide groups is 2. The molecule has 0 bridgehead atoms. The molecule has 8 nitrogen and oxygen atoms in total. The van der Waals surface area contributed by atoms with E-state index in [9.17, 15) is 24.4 Å². The van der Waals surface area contributed by atoms with Gasteiger partial charge in [-0.25, -0.2) is 9.80 Å². The van der Waals surface area contributed by atoms with Crippen LogP contribution in [-0.4, -0.2) is 46.0 Å². The lowest BCUT2D eigenvalue weighted by atomic mass is 10.1. The molecule has 2 aromatic carbocycles. The summed E-state index contributed by atoms with van der Waals surface area (Å²) in [6.45, 7) is 3.35. The minimum Gasteiger partial charge on any atom is -0.312 e. The fourth-order valence-electron chi connectivity index (χ4n) is 4.05. The molecule has 2 heterocycles. The molecule has 2 fully saturated rings. The molecular weight excluding hydrogens is 457 g/mol. The predicted octanol–water partition coefficient (Wildman–Crippen LogP) is 3.27. The van der Waals surface area contributed by atoms with Crippen LogP contribution in [0.2, 0.25) is 10.0 Å². The van der Waals surface area contributed by atoms with Gasteiger partial charge in [-0.15, -0.1) is 0 Å². The molecule has 0 unspecified atom stereocenters. The van der Waals surface area contributed by atoms with Gasteiger partial charge in [-0.05, 0) is 49.2 Å². The van der Waals surface area contributed by atoms with Crippen LogP contribution in [0.5, 0.6) is 0 Å². The SMILES string of the molecule is Cc1c(Cl)cccc1N1C(=O)C[C@H](N(O)[C@H]2CC(=O)N(c3cccc(Cl)c3C)C2=O)C1=O. The average molecular weight is 476 g/mol. The molecule has 32 heavy (non-hydrogen) atoms. The van der Waals surface area contributed by atoms with Crippen molar-refractivity contribution in [1.82, 2.24) is 5.06 Å². The first kappa shape index (κ1) is 22.4. The summed E-state index contributed by atoms with van der Waals surface area (Å²) in [7, 11) is 0. The van der Waals surface area contributed by atoms with E-state index in [2.05, 4.69) is 0 Å². The van der Waals surface area contributed by atoms with Crippen LogP contribution in [0.4, 0.5) is 11.4 Å². The molecule has 2 aromatic rings. The van der Waals surface area contributed by atoms with Gasteiger partial charge >= 0.3 is 0 Å². The van der Waals surface area contributed by atoms with Gasteiger partial charge in [-0.1, -0.05) is 35.3 Å². The highest BCUT2D eigenvalue weighted by molar-refractivity contribution is 6.33. The van der Waals surface area contributed by atoms with Crippen molar-refractivity contribution in [3.05, 3.63) is 57.6 Å². The van der Waals surface area contributed by atoms with Gasteiger partial charge in [0.1, 0.15) is 12.1 Å². The standard InChI is InChI=1S/C22H19Cl2N3O5/c1-11-13(23)5-3-7-15(11)25-19(28)9-17(21(25)30)27(32)18-10-20(29)26(22(18)31)16-8-4-6-14(24)12(16)2/h3-8,17-18,32H,9-10H2,1-2H3/t17-,18-/m0/s1. The summed E-state index contributed by atoms with van der Waals surface area (Å²) in [5.41, 5.74) is 1.70. The number of nitrogens with zero attached hydrogens (tertiary/aromatic N) is 3. The smallest absolute Gasteiger partial charge is 0.254 e. The van der Waals surface area contributed by atoms with Crippen molar-refractivity contribution in [2.24, 2.45) is 0 Å². The second-order valence-electron chi connectivity index (χ2n) is 7.72. The second-order valence-corrected chi connectivity index (χ2v) is 8.54. The third-order valence-corrected chi connectivity index (χ3v) is 6.66. The summed E-state index contributed by atoms with van der Waals surface area (Å²) in [6, 6.07) is 7.04. The molecule has 10 heteroatoms. The van der Waals surface area contributed by atoms with Crippen LogP contribution < -0.4 is 9.80 Å². The lowest BCUT2D eigenvalue weighted by molar-refractivity contribution is -0.172. The van der Waals surface area contributed by atoms with Crippen LogP contribution in [0.25, 0.3) is 0 Å². The Balaban J connectivity index is 1.60. The van der Waals surface area contributed by atoms with E-state index < -0.39 is 35.7 Å². The van der Waals surface area contributed by atoms with Crippen LogP contribution in [0.1, 0.15) is 24.0 Å². The number of carbonyl (C=O) groups excluding carboxylic acids is 4. The van der Waals surface area contributed by atoms with Crippen molar-refractivity contribution in [1.29, 1.82) is 0 Å². The lowest BCUT2D eigenvalue weighted by Crippen LogP contribution is -2.49. The molecule has 2 aliphatic rings. The zero-order valence-corrected chi connectivity index (χ0v) is 18.7. The van der Waals surface area contributed by atoms with Crippen LogP contribution in [-0.2, 0) is 19.2 Å². The first-order chi connectivity index (χ1) is 15.1. The molecule has 2 atom stereocenters. The third kappa shape index (κ3) is 3.49. The zero-order chi connectivity index (χ0) is 23.3. The molecule has 1 N–H and O–H groups in total. The van der Waals surface area contributed by atoms with Crippen LogP contribution in [0.3, 0.4) is 0 Å². The van der Waals surface area contributed by atoms with E-state index in [4.69, 9.17) is 23.2 Å². The Bertz CT molecular complexity index is 1080. The minimum absolute atomic E-state index is 0.313. The van der Waals surface area contributed by atoms with Crippen molar-refractivity contribution in [3.63, 3.8) is 0 Å². The normalized spacial score (nSPS) is 21.4. The number of carbonyl (C=O) groups is 4. The molecule has 0 spiro atoms. The quantitative estimate of drug-likeness (QED) is 0.538. The molecule has 2 aliphatic heterocycles. The first-order valence-electron chi connectivity index (χ1n) is 9.84. The van der Waals surface area contributed by atoms with Gasteiger partial charge in [0.25, 0.3) is 11.8 Å². The van der Waals surface area contributed by atoms with Crippen LogP contribution in [0.15, 0.2) is 36.4 Å². The van der Waals surface area contributed by atoms with E-state index in [0.29, 0.717) is 37.6 Å². The van der Waals surface area contributed by atoms with E-state index in [1.165, 1.54) is 0 Å². The number of hydroxylamine groups is 2. The maximum Gasteiger partial charge on any atom is 0.254 e. The largest absolute Gasteiger partial charge is 0.312 e. The second kappa shape index (κ2) is 8.29. The number of hydrogen-bond acceptors (Lipinski definition) is 6. The van der Waals surface area contributed by atoms with Gasteiger partial charge in [-0.3, -0.25) is 19.2 Å². The molecule has 0 aromatic heterocycles. The number of benzene rings is 2. The maximum atomic E-state index is 13.0. The molecule has 4 rings (SSSR count). The number of amides is 4. The number of halogens is 2. The van der Waals surface area contributed by atoms with E-state index in [-0.39, 0.29) is 12.8 Å². The third-order valence-electron chi connectivity index (χ3n) is 5.84. The van der Waals surface area contributed by atoms with E-state index in [1.807, 2.05) is 0 Å². The number of rotatable bonds is 4. The Labute approximate surface area is 193 Å². The fourth-order valence-corrected chi connectivity index (χ4v) is 4.38. The molecular formula is C22H19Cl2N3O5. The number of anilines is 2. The highest BCUT2D eigenvalue weighted by atomic mass is 35.5. The summed E-state index contributed by atoms with van der Waals surface area (Å²) >= 11 is 12.2. The minimum atomic E-state index is -1.30. The van der Waals surface area contributed by atoms with Crippen LogP contribution in [0, 0.1) is 13.8 Å². The first-order valence-corrected chi connectivity index (χ1v) is 10.6. The van der Waals surface area contributed by atoms with Gasteiger partial charge in [0.2, 0.25) is 11.8 Å². The van der Waals surface area contributed by atoms with E-state index in [1.54, 1.807) is 50.2 Å². The predicted molar refractivity (Wildman–Crippen MR) is 118 cm³/mol. The molecule has 0 aliphatic carbocycles. The van der Waals surface area contributed by atoms with Gasteiger partial charge < -0.3 is 5.21 Å². The maximum absolute atomic E-state index is 13.0. The Morgan fingerprint density at radius 1 is 0.781 bits per heavy atom. The van der Waals surface area contributed by atoms with Gasteiger partial charge in [0.15, 0.2) is 0 Å². The summed E-state index contributed by atoms with van der Waals surface area (Å²) < 4.78 is 0. The highest BCUT2D eigenvalue weighted by Gasteiger charge is 2.51. The average Bonchev–Trinajstić information content (AvgIpc) is 3.21. The Morgan fingerprint density at radius 2 is 1.16 bits per heavy atom. The van der Waals surface area contributed by atoms with Crippen molar-refractivity contribution < 1.29 is 24.4 Å². The molecule has 0 radical (unpaired) electrons. The van der Waals surface area contributed by atoms with Gasteiger partial charge in [-0.2, -0.15) is 5.06 Å². The highest BCUT2D eigenvalue weighted by Crippen LogP contribution is 2.35. The number of hydrogen-bond donors (Lipinski definition) is 1. The lowest BCUT2D eigenvalue weighted by Gasteiger charge is -2.26. The monoisotopic (exact) mass is 475 g/mol. The van der Waals surface area contributed by atoms with Crippen LogP contribution >= 0.6 is 23.2 Å². The Hall–Kier alpha value is -2.78. The Morgan fingerprint density at radius 3 is 1.53 bits per heavy atom. The summed E-state index contributed by atoms with van der Waals surface area (Å²) in [5, 5.41) is 12.1. The molecule has 4 amide bonds. The van der Waals surface area contributed by atoms with Gasteiger partial charge in [0, 0.05) is 10.0 Å². The topological polar surface area (TPSA) is 98.2 Å².